The number of phosphoric ester groups is 2. The molecule has 3 N–H and O–H groups in total. The van der Waals surface area contributed by atoms with Crippen molar-refractivity contribution in [3.8, 4) is 0 Å². The molecule has 618 valence electrons. The monoisotopic (exact) mass is 1520 g/mol. The van der Waals surface area contributed by atoms with Crippen molar-refractivity contribution < 1.29 is 80.2 Å². The molecule has 6 atom stereocenters. The lowest BCUT2D eigenvalue weighted by molar-refractivity contribution is -0.161. The molecule has 0 aliphatic carbocycles. The standard InChI is InChI=1S/C85H166O17P2/c1-9-78(8)64-56-48-39-33-27-21-17-12-10-11-13-19-23-29-35-41-51-59-67-84(89)101-80(71-95-82(87)65-57-49-40-34-28-22-18-15-14-16-20-25-31-37-45-53-61-75(2)3)73-99-103(91,92)97-69-79(86)70-98-104(93,94)100-74-81(72-96-83(88)66-58-50-44-43-47-55-63-77(6)7)102-85(90)68-60-52-42-36-30-24-26-32-38-46-54-62-76(4)5/h75-81,86H,9-74H2,1-8H3,(H,91,92)(H,93,94)/t78?,79-,80-,81-/m1/s1. The van der Waals surface area contributed by atoms with Gasteiger partial charge in [0.15, 0.2) is 12.2 Å². The number of phosphoric acid groups is 2. The quantitative estimate of drug-likeness (QED) is 0.0222. The Morgan fingerprint density at radius 2 is 0.462 bits per heavy atom. The van der Waals surface area contributed by atoms with E-state index in [-0.39, 0.29) is 25.7 Å². The van der Waals surface area contributed by atoms with Gasteiger partial charge in [0.25, 0.3) is 0 Å². The molecule has 3 unspecified atom stereocenters. The number of rotatable bonds is 82. The number of unbranched alkanes of at least 4 members (excludes halogenated alkanes) is 47. The largest absolute Gasteiger partial charge is 0.472 e. The molecule has 0 saturated heterocycles. The molecule has 0 saturated carbocycles. The summed E-state index contributed by atoms with van der Waals surface area (Å²) in [7, 11) is -9.93. The molecular weight excluding hydrogens is 1350 g/mol. The fourth-order valence-corrected chi connectivity index (χ4v) is 14.7. The smallest absolute Gasteiger partial charge is 0.462 e. The van der Waals surface area contributed by atoms with Gasteiger partial charge < -0.3 is 33.8 Å². The zero-order valence-electron chi connectivity index (χ0n) is 68.7. The number of aliphatic hydroxyl groups is 1. The van der Waals surface area contributed by atoms with E-state index in [1.807, 2.05) is 0 Å². The Kier molecular flexibility index (Phi) is 72.5. The second-order valence-corrected chi connectivity index (χ2v) is 35.2. The van der Waals surface area contributed by atoms with E-state index < -0.39 is 97.5 Å². The third-order valence-corrected chi connectivity index (χ3v) is 22.1. The zero-order valence-corrected chi connectivity index (χ0v) is 70.5. The molecule has 17 nitrogen and oxygen atoms in total. The van der Waals surface area contributed by atoms with Crippen LogP contribution in [-0.2, 0) is 65.4 Å². The lowest BCUT2D eigenvalue weighted by atomic mass is 9.99. The van der Waals surface area contributed by atoms with Crippen LogP contribution in [0.15, 0.2) is 0 Å². The number of hydrogen-bond acceptors (Lipinski definition) is 15. The summed E-state index contributed by atoms with van der Waals surface area (Å²) in [4.78, 5) is 73.1. The first kappa shape index (κ1) is 102. The second-order valence-electron chi connectivity index (χ2n) is 32.2. The van der Waals surface area contributed by atoms with Gasteiger partial charge in [-0.15, -0.1) is 0 Å². The highest BCUT2D eigenvalue weighted by Crippen LogP contribution is 2.45. The molecule has 0 aliphatic heterocycles. The Morgan fingerprint density at radius 1 is 0.269 bits per heavy atom. The molecule has 0 aromatic rings. The van der Waals surface area contributed by atoms with E-state index in [9.17, 15) is 43.2 Å². The number of aliphatic hydroxyl groups excluding tert-OH is 1. The van der Waals surface area contributed by atoms with Gasteiger partial charge in [-0.05, 0) is 49.4 Å². The third-order valence-electron chi connectivity index (χ3n) is 20.2. The fraction of sp³-hybridized carbons (Fsp3) is 0.953. The van der Waals surface area contributed by atoms with Gasteiger partial charge in [-0.1, -0.05) is 389 Å². The van der Waals surface area contributed by atoms with Crippen LogP contribution < -0.4 is 0 Å². The van der Waals surface area contributed by atoms with E-state index in [0.717, 1.165) is 114 Å². The van der Waals surface area contributed by atoms with E-state index >= 15 is 0 Å². The molecule has 0 heterocycles. The molecule has 0 fully saturated rings. The maximum atomic E-state index is 13.1. The van der Waals surface area contributed by atoms with Crippen molar-refractivity contribution >= 4 is 39.5 Å². The molecule has 0 aromatic carbocycles. The van der Waals surface area contributed by atoms with E-state index in [0.29, 0.717) is 31.6 Å². The maximum Gasteiger partial charge on any atom is 0.472 e. The molecule has 19 heteroatoms. The Hall–Kier alpha value is -1.94. The molecular formula is C85H166O17P2. The normalized spacial score (nSPS) is 14.2. The number of carbonyl (C=O) groups is 4. The highest BCUT2D eigenvalue weighted by molar-refractivity contribution is 7.47. The van der Waals surface area contributed by atoms with Gasteiger partial charge >= 0.3 is 39.5 Å². The van der Waals surface area contributed by atoms with E-state index in [4.69, 9.17) is 37.0 Å². The summed E-state index contributed by atoms with van der Waals surface area (Å²) >= 11 is 0. The van der Waals surface area contributed by atoms with Crippen LogP contribution in [0, 0.1) is 23.7 Å². The van der Waals surface area contributed by atoms with Crippen LogP contribution in [0.2, 0.25) is 0 Å². The van der Waals surface area contributed by atoms with Crippen LogP contribution in [0.25, 0.3) is 0 Å². The topological polar surface area (TPSA) is 237 Å². The average molecular weight is 1520 g/mol. The van der Waals surface area contributed by atoms with Crippen LogP contribution in [0.1, 0.15) is 441 Å². The number of hydrogen-bond donors (Lipinski definition) is 3. The van der Waals surface area contributed by atoms with Crippen LogP contribution in [-0.4, -0.2) is 96.7 Å². The van der Waals surface area contributed by atoms with Gasteiger partial charge in [0, 0.05) is 25.7 Å². The summed E-state index contributed by atoms with van der Waals surface area (Å²) in [6.07, 6.45) is 62.7. The molecule has 0 bridgehead atoms. The summed E-state index contributed by atoms with van der Waals surface area (Å²) < 4.78 is 68.8. The Labute approximate surface area is 638 Å². The molecule has 104 heavy (non-hydrogen) atoms. The number of ether oxygens (including phenoxy) is 4. The lowest BCUT2D eigenvalue weighted by Gasteiger charge is -2.21. The Bertz CT molecular complexity index is 2030. The first-order valence-electron chi connectivity index (χ1n) is 43.7. The van der Waals surface area contributed by atoms with Crippen molar-refractivity contribution in [2.75, 3.05) is 39.6 Å². The minimum atomic E-state index is -4.97. The van der Waals surface area contributed by atoms with E-state index in [1.165, 1.54) is 238 Å². The predicted molar refractivity (Wildman–Crippen MR) is 428 cm³/mol. The van der Waals surface area contributed by atoms with Crippen molar-refractivity contribution in [1.82, 2.24) is 0 Å². The molecule has 0 aromatic heterocycles. The van der Waals surface area contributed by atoms with Gasteiger partial charge in [0.05, 0.1) is 26.4 Å². The fourth-order valence-electron chi connectivity index (χ4n) is 13.1. The molecule has 0 aliphatic rings. The van der Waals surface area contributed by atoms with Crippen LogP contribution in [0.4, 0.5) is 0 Å². The molecule has 0 spiro atoms. The summed E-state index contributed by atoms with van der Waals surface area (Å²) in [5, 5.41) is 10.7. The zero-order chi connectivity index (χ0) is 76.7. The number of carbonyl (C=O) groups excluding carboxylic acids is 4. The van der Waals surface area contributed by atoms with E-state index in [2.05, 4.69) is 55.4 Å². The minimum Gasteiger partial charge on any atom is -0.462 e. The first-order chi connectivity index (χ1) is 50.1. The lowest BCUT2D eigenvalue weighted by Crippen LogP contribution is -2.30. The SMILES string of the molecule is CCC(C)CCCCCCCCCCCCCCCCCCCCC(=O)O[C@H](COC(=O)CCCCCCCCCCCCCCCCCCC(C)C)COP(=O)(O)OC[C@@H](O)COP(=O)(O)OC[C@@H](COC(=O)CCCCCCCCC(C)C)OC(=O)CCCCCCCCCCCCCC(C)C. The summed E-state index contributed by atoms with van der Waals surface area (Å²) in [6, 6.07) is 0. The van der Waals surface area contributed by atoms with Crippen LogP contribution in [0.5, 0.6) is 0 Å². The highest BCUT2D eigenvalue weighted by Gasteiger charge is 2.30. The van der Waals surface area contributed by atoms with Crippen molar-refractivity contribution in [2.24, 2.45) is 23.7 Å². The van der Waals surface area contributed by atoms with Gasteiger partial charge in [0.1, 0.15) is 19.3 Å². The van der Waals surface area contributed by atoms with Gasteiger partial charge in [-0.3, -0.25) is 37.3 Å². The van der Waals surface area contributed by atoms with Crippen LogP contribution >= 0.6 is 15.6 Å². The Balaban J connectivity index is 5.21. The third kappa shape index (κ3) is 76.8. The Morgan fingerprint density at radius 3 is 0.683 bits per heavy atom. The van der Waals surface area contributed by atoms with Crippen molar-refractivity contribution in [3.63, 3.8) is 0 Å². The van der Waals surface area contributed by atoms with Gasteiger partial charge in [0.2, 0.25) is 0 Å². The maximum absolute atomic E-state index is 13.1. The molecule has 0 radical (unpaired) electrons. The second kappa shape index (κ2) is 73.8. The van der Waals surface area contributed by atoms with Gasteiger partial charge in [-0.25, -0.2) is 9.13 Å². The van der Waals surface area contributed by atoms with Crippen molar-refractivity contribution in [2.45, 2.75) is 459 Å². The molecule has 0 amide bonds. The average Bonchev–Trinajstić information content (AvgIpc) is 0.903. The first-order valence-corrected chi connectivity index (χ1v) is 46.7. The summed E-state index contributed by atoms with van der Waals surface area (Å²) in [5.41, 5.74) is 0. The van der Waals surface area contributed by atoms with Gasteiger partial charge in [-0.2, -0.15) is 0 Å². The predicted octanol–water partition coefficient (Wildman–Crippen LogP) is 25.6. The summed E-state index contributed by atoms with van der Waals surface area (Å²) in [5.74, 6) is 1.02. The van der Waals surface area contributed by atoms with Crippen molar-refractivity contribution in [3.05, 3.63) is 0 Å². The minimum absolute atomic E-state index is 0.105. The highest BCUT2D eigenvalue weighted by atomic mass is 31.2. The van der Waals surface area contributed by atoms with Crippen LogP contribution in [0.3, 0.4) is 0 Å². The van der Waals surface area contributed by atoms with Crippen molar-refractivity contribution in [1.29, 1.82) is 0 Å². The molecule has 0 rings (SSSR count). The van der Waals surface area contributed by atoms with E-state index in [1.54, 1.807) is 0 Å². The number of esters is 4. The summed E-state index contributed by atoms with van der Waals surface area (Å²) in [6.45, 7) is 14.3.